The smallest absolute Gasteiger partial charge is 0.417 e. The van der Waals surface area contributed by atoms with Gasteiger partial charge in [0.2, 0.25) is 5.88 Å². The van der Waals surface area contributed by atoms with E-state index in [1.54, 1.807) is 29.6 Å². The number of fused-ring (bicyclic) bond motifs is 3. The van der Waals surface area contributed by atoms with Crippen molar-refractivity contribution >= 4 is 17.5 Å². The van der Waals surface area contributed by atoms with Crippen LogP contribution in [0.2, 0.25) is 5.02 Å². The van der Waals surface area contributed by atoms with E-state index in [1.807, 2.05) is 13.0 Å². The molecule has 3 atom stereocenters. The molecule has 2 aliphatic heterocycles. The molecule has 3 fully saturated rings. The van der Waals surface area contributed by atoms with Crippen LogP contribution >= 0.6 is 11.6 Å². The summed E-state index contributed by atoms with van der Waals surface area (Å²) in [6.45, 7) is 2.42. The summed E-state index contributed by atoms with van der Waals surface area (Å²) >= 11 is 6.06. The Hall–Kier alpha value is -3.27. The van der Waals surface area contributed by atoms with Gasteiger partial charge in [0, 0.05) is 31.3 Å². The minimum absolute atomic E-state index is 0.0727. The maximum atomic E-state index is 13.7. The van der Waals surface area contributed by atoms with Crippen LogP contribution in [0, 0.1) is 12.8 Å². The Morgan fingerprint density at radius 2 is 1.89 bits per heavy atom. The molecular weight excluding hydrogens is 483 g/mol. The Balaban J connectivity index is 1.42. The van der Waals surface area contributed by atoms with Gasteiger partial charge in [0.05, 0.1) is 17.2 Å². The number of pyridine rings is 2. The molecule has 5 heterocycles. The molecule has 6 rings (SSSR count). The quantitative estimate of drug-likeness (QED) is 0.499. The van der Waals surface area contributed by atoms with Crippen LogP contribution < -0.4 is 4.74 Å². The fourth-order valence-electron chi connectivity index (χ4n) is 4.79. The number of hydrogen-bond acceptors (Lipinski definition) is 6. The predicted octanol–water partition coefficient (Wildman–Crippen LogP) is 4.99. The standard InChI is InChI=1S/C24H21ClF3N5O2/c1-13-7-16(21-29-5-2-6-30-21)20(31-10-13)23(34)33-12-14-3-4-18(33)19(8-14)35-22-17(25)9-15(11-32-22)24(26,27)28/h2,5-7,9-11,14,18-19H,3-4,8,12H2,1H3. The van der Waals surface area contributed by atoms with Gasteiger partial charge in [-0.2, -0.15) is 13.2 Å². The Kier molecular flexibility index (Phi) is 6.08. The molecule has 2 bridgehead atoms. The Labute approximate surface area is 204 Å². The molecule has 0 radical (unpaired) electrons. The van der Waals surface area contributed by atoms with Gasteiger partial charge >= 0.3 is 6.18 Å². The first-order valence-electron chi connectivity index (χ1n) is 11.1. The number of carbonyl (C=O) groups is 1. The van der Waals surface area contributed by atoms with Crippen LogP contribution in [0.15, 0.2) is 43.0 Å². The van der Waals surface area contributed by atoms with E-state index in [0.29, 0.717) is 37.0 Å². The van der Waals surface area contributed by atoms with E-state index in [9.17, 15) is 18.0 Å². The molecule has 3 aromatic heterocycles. The Bertz CT molecular complexity index is 1260. The number of piperidine rings is 2. The number of ether oxygens (including phenoxy) is 1. The summed E-state index contributed by atoms with van der Waals surface area (Å²) < 4.78 is 44.9. The van der Waals surface area contributed by atoms with Crippen molar-refractivity contribution in [2.75, 3.05) is 6.54 Å². The summed E-state index contributed by atoms with van der Waals surface area (Å²) in [7, 11) is 0. The van der Waals surface area contributed by atoms with Crippen LogP contribution in [-0.4, -0.2) is 49.4 Å². The first kappa shape index (κ1) is 23.5. The molecule has 0 spiro atoms. The summed E-state index contributed by atoms with van der Waals surface area (Å²) in [6.07, 6.45) is 2.82. The molecule has 182 valence electrons. The van der Waals surface area contributed by atoms with Crippen molar-refractivity contribution in [1.82, 2.24) is 24.8 Å². The highest BCUT2D eigenvalue weighted by atomic mass is 35.5. The van der Waals surface area contributed by atoms with E-state index in [4.69, 9.17) is 16.3 Å². The van der Waals surface area contributed by atoms with Crippen molar-refractivity contribution in [1.29, 1.82) is 0 Å². The lowest BCUT2D eigenvalue weighted by molar-refractivity contribution is -0.137. The number of carbonyl (C=O) groups excluding carboxylic acids is 1. The fourth-order valence-corrected chi connectivity index (χ4v) is 5.00. The second-order valence-corrected chi connectivity index (χ2v) is 9.26. The van der Waals surface area contributed by atoms with Crippen molar-refractivity contribution in [3.8, 4) is 17.3 Å². The van der Waals surface area contributed by atoms with E-state index in [2.05, 4.69) is 19.9 Å². The van der Waals surface area contributed by atoms with E-state index < -0.39 is 17.8 Å². The van der Waals surface area contributed by atoms with Gasteiger partial charge in [0.25, 0.3) is 5.91 Å². The number of aromatic nitrogens is 4. The lowest BCUT2D eigenvalue weighted by Gasteiger charge is -2.49. The average Bonchev–Trinajstić information content (AvgIpc) is 2.85. The second kappa shape index (κ2) is 9.07. The zero-order valence-electron chi connectivity index (χ0n) is 18.7. The molecule has 11 heteroatoms. The molecule has 1 amide bonds. The maximum Gasteiger partial charge on any atom is 0.417 e. The van der Waals surface area contributed by atoms with Gasteiger partial charge in [0.15, 0.2) is 5.82 Å². The lowest BCUT2D eigenvalue weighted by Crippen LogP contribution is -2.59. The number of halogens is 4. The van der Waals surface area contributed by atoms with Gasteiger partial charge in [-0.15, -0.1) is 0 Å². The molecule has 3 aliphatic rings. The van der Waals surface area contributed by atoms with E-state index in [1.165, 1.54) is 0 Å². The molecule has 0 N–H and O–H groups in total. The highest BCUT2D eigenvalue weighted by molar-refractivity contribution is 6.31. The Morgan fingerprint density at radius 3 is 2.57 bits per heavy atom. The van der Waals surface area contributed by atoms with E-state index >= 15 is 0 Å². The molecule has 3 aromatic rings. The zero-order chi connectivity index (χ0) is 24.7. The van der Waals surface area contributed by atoms with Crippen LogP contribution in [0.3, 0.4) is 0 Å². The van der Waals surface area contributed by atoms with Gasteiger partial charge < -0.3 is 9.64 Å². The third-order valence-electron chi connectivity index (χ3n) is 6.41. The lowest BCUT2D eigenvalue weighted by atomic mass is 9.77. The van der Waals surface area contributed by atoms with Crippen molar-refractivity contribution in [3.05, 3.63) is 64.8 Å². The summed E-state index contributed by atoms with van der Waals surface area (Å²) in [4.78, 5) is 32.2. The molecule has 35 heavy (non-hydrogen) atoms. The first-order chi connectivity index (χ1) is 16.7. The van der Waals surface area contributed by atoms with Crippen LogP contribution in [0.1, 0.15) is 40.9 Å². The molecule has 7 nitrogen and oxygen atoms in total. The zero-order valence-corrected chi connectivity index (χ0v) is 19.4. The van der Waals surface area contributed by atoms with Crippen molar-refractivity contribution in [3.63, 3.8) is 0 Å². The van der Waals surface area contributed by atoms with Gasteiger partial charge in [0.1, 0.15) is 16.8 Å². The predicted molar refractivity (Wildman–Crippen MR) is 121 cm³/mol. The summed E-state index contributed by atoms with van der Waals surface area (Å²) in [6, 6.07) is 4.04. The SMILES string of the molecule is Cc1cnc(C(=O)N2CC3CCC2C(Oc2ncc(C(F)(F)F)cc2Cl)C3)c(-c2ncccn2)c1. The largest absolute Gasteiger partial charge is 0.471 e. The third kappa shape index (κ3) is 4.67. The molecule has 3 unspecified atom stereocenters. The summed E-state index contributed by atoms with van der Waals surface area (Å²) in [5, 5.41) is -0.220. The van der Waals surface area contributed by atoms with E-state index in [-0.39, 0.29) is 34.5 Å². The molecule has 2 saturated heterocycles. The highest BCUT2D eigenvalue weighted by Crippen LogP contribution is 2.40. The highest BCUT2D eigenvalue weighted by Gasteiger charge is 2.45. The molecule has 1 saturated carbocycles. The first-order valence-corrected chi connectivity index (χ1v) is 11.5. The van der Waals surface area contributed by atoms with Crippen molar-refractivity contribution < 1.29 is 22.7 Å². The van der Waals surface area contributed by atoms with Crippen LogP contribution in [-0.2, 0) is 6.18 Å². The Morgan fingerprint density at radius 1 is 1.11 bits per heavy atom. The monoisotopic (exact) mass is 503 g/mol. The number of aryl methyl sites for hydroxylation is 1. The normalized spacial score (nSPS) is 21.7. The number of rotatable bonds is 4. The second-order valence-electron chi connectivity index (χ2n) is 8.85. The average molecular weight is 504 g/mol. The third-order valence-corrected chi connectivity index (χ3v) is 6.68. The summed E-state index contributed by atoms with van der Waals surface area (Å²) in [5.41, 5.74) is 0.715. The summed E-state index contributed by atoms with van der Waals surface area (Å²) in [5.74, 6) is 0.255. The minimum Gasteiger partial charge on any atom is -0.471 e. The van der Waals surface area contributed by atoms with Crippen molar-refractivity contribution in [2.24, 2.45) is 5.92 Å². The van der Waals surface area contributed by atoms with Crippen molar-refractivity contribution in [2.45, 2.75) is 44.5 Å². The van der Waals surface area contributed by atoms with E-state index in [0.717, 1.165) is 18.1 Å². The molecule has 1 aliphatic carbocycles. The van der Waals surface area contributed by atoms with Gasteiger partial charge in [-0.1, -0.05) is 11.6 Å². The topological polar surface area (TPSA) is 81.1 Å². The molecule has 0 aromatic carbocycles. The van der Waals surface area contributed by atoms with Gasteiger partial charge in [-0.3, -0.25) is 9.78 Å². The number of alkyl halides is 3. The van der Waals surface area contributed by atoms with Gasteiger partial charge in [-0.05, 0) is 55.9 Å². The number of amides is 1. The minimum atomic E-state index is -4.55. The van der Waals surface area contributed by atoms with Crippen LogP contribution in [0.25, 0.3) is 11.4 Å². The number of nitrogens with zero attached hydrogens (tertiary/aromatic N) is 5. The van der Waals surface area contributed by atoms with Crippen LogP contribution in [0.5, 0.6) is 5.88 Å². The van der Waals surface area contributed by atoms with Crippen LogP contribution in [0.4, 0.5) is 13.2 Å². The number of hydrogen-bond donors (Lipinski definition) is 0. The maximum absolute atomic E-state index is 13.7. The van der Waals surface area contributed by atoms with Gasteiger partial charge in [-0.25, -0.2) is 15.0 Å². The fraction of sp³-hybridized carbons (Fsp3) is 0.375. The molecular formula is C24H21ClF3N5O2.